The van der Waals surface area contributed by atoms with Crippen LogP contribution in [0.1, 0.15) is 47.6 Å². The summed E-state index contributed by atoms with van der Waals surface area (Å²) in [6.45, 7) is 1.59. The van der Waals surface area contributed by atoms with Gasteiger partial charge in [0.25, 0.3) is 0 Å². The van der Waals surface area contributed by atoms with Crippen LogP contribution in [0.25, 0.3) is 27.5 Å². The summed E-state index contributed by atoms with van der Waals surface area (Å²) in [6, 6.07) is 3.46. The third-order valence-corrected chi connectivity index (χ3v) is 8.14. The average molecular weight is 600 g/mol. The van der Waals surface area contributed by atoms with Crippen molar-refractivity contribution < 1.29 is 17.6 Å². The molecule has 0 spiro atoms. The van der Waals surface area contributed by atoms with Crippen molar-refractivity contribution in [1.82, 2.24) is 19.1 Å². The van der Waals surface area contributed by atoms with Crippen LogP contribution in [0.3, 0.4) is 0 Å². The Morgan fingerprint density at radius 1 is 1.29 bits per heavy atom. The fraction of sp³-hybridized carbons (Fsp3) is 0.318. The fourth-order valence-electron chi connectivity index (χ4n) is 4.52. The molecule has 3 heterocycles. The van der Waals surface area contributed by atoms with E-state index < -0.39 is 18.4 Å². The molecule has 12 heteroatoms. The molecular weight excluding hydrogens is 582 g/mol. The lowest BCUT2D eigenvalue weighted by molar-refractivity contribution is -0.133. The second-order valence-electron chi connectivity index (χ2n) is 8.39. The highest BCUT2D eigenvalue weighted by Gasteiger charge is 2.34. The molecule has 3 aromatic heterocycles. The number of hydrogen-bond acceptors (Lipinski definition) is 4. The van der Waals surface area contributed by atoms with Gasteiger partial charge in [-0.15, -0.1) is 0 Å². The van der Waals surface area contributed by atoms with Crippen LogP contribution in [-0.4, -0.2) is 25.3 Å². The minimum atomic E-state index is -4.37. The number of nitrogens with zero attached hydrogens (tertiary/aromatic N) is 5. The van der Waals surface area contributed by atoms with Gasteiger partial charge in [0, 0.05) is 46.6 Å². The van der Waals surface area contributed by atoms with E-state index in [1.165, 1.54) is 16.8 Å². The molecule has 2 N–H and O–H groups in total. The number of benzene rings is 1. The zero-order valence-electron chi connectivity index (χ0n) is 17.8. The minimum Gasteiger partial charge on any atom is -0.384 e. The molecule has 0 aliphatic heterocycles. The number of fused-ring (bicyclic) bond motifs is 2. The highest BCUT2D eigenvalue weighted by molar-refractivity contribution is 14.2. The third kappa shape index (κ3) is 3.71. The molecule has 1 aromatic carbocycles. The summed E-state index contributed by atoms with van der Waals surface area (Å²) in [5, 5.41) is 15.2. The van der Waals surface area contributed by atoms with E-state index in [0.29, 0.717) is 38.8 Å². The summed E-state index contributed by atoms with van der Waals surface area (Å²) in [7, 11) is 0. The van der Waals surface area contributed by atoms with Gasteiger partial charge in [0.2, 0.25) is 0 Å². The number of aryl methyl sites for hydroxylation is 1. The molecule has 0 radical (unpaired) electrons. The van der Waals surface area contributed by atoms with Crippen molar-refractivity contribution in [2.45, 2.75) is 44.7 Å². The SMILES string of the molecule is Cc1c(F)cc2c(cnn2PI)c1-n1c(N)c(C#N)c2cnc(C3CC3)c(CCC(F)(F)F)c21. The zero-order valence-corrected chi connectivity index (χ0v) is 21.0. The van der Waals surface area contributed by atoms with Crippen molar-refractivity contribution in [3.63, 3.8) is 0 Å². The van der Waals surface area contributed by atoms with Gasteiger partial charge >= 0.3 is 6.18 Å². The van der Waals surface area contributed by atoms with Crippen LogP contribution in [0, 0.1) is 24.1 Å². The molecule has 4 aromatic rings. The Hall–Kier alpha value is -2.45. The van der Waals surface area contributed by atoms with Crippen molar-refractivity contribution in [3.05, 3.63) is 46.7 Å². The molecule has 1 saturated carbocycles. The molecular formula is C22H18F4IN6P. The number of aromatic nitrogens is 4. The number of alkyl halides is 3. The van der Waals surface area contributed by atoms with Gasteiger partial charge in [-0.1, -0.05) is 0 Å². The smallest absolute Gasteiger partial charge is 0.384 e. The topological polar surface area (TPSA) is 85.5 Å². The van der Waals surface area contributed by atoms with Gasteiger partial charge in [-0.2, -0.15) is 23.5 Å². The molecule has 0 saturated heterocycles. The molecule has 1 aliphatic carbocycles. The van der Waals surface area contributed by atoms with Crippen LogP contribution in [0.4, 0.5) is 23.4 Å². The Labute approximate surface area is 206 Å². The Kier molecular flexibility index (Phi) is 5.72. The molecule has 1 aliphatic rings. The lowest BCUT2D eigenvalue weighted by atomic mass is 10.0. The van der Waals surface area contributed by atoms with Crippen LogP contribution in [-0.2, 0) is 6.42 Å². The van der Waals surface area contributed by atoms with Crippen molar-refractivity contribution in [3.8, 4) is 11.8 Å². The van der Waals surface area contributed by atoms with E-state index in [-0.39, 0.29) is 35.7 Å². The van der Waals surface area contributed by atoms with E-state index in [0.717, 1.165) is 12.8 Å². The Balaban J connectivity index is 1.92. The zero-order chi connectivity index (χ0) is 24.4. The van der Waals surface area contributed by atoms with Gasteiger partial charge in [-0.3, -0.25) is 9.55 Å². The van der Waals surface area contributed by atoms with Gasteiger partial charge in [0.15, 0.2) is 0 Å². The number of rotatable bonds is 5. The normalized spacial score (nSPS) is 14.6. The molecule has 1 unspecified atom stereocenters. The highest BCUT2D eigenvalue weighted by Crippen LogP contribution is 2.46. The Morgan fingerprint density at radius 2 is 2.03 bits per heavy atom. The molecule has 5 rings (SSSR count). The molecule has 0 amide bonds. The van der Waals surface area contributed by atoms with E-state index in [1.807, 2.05) is 0 Å². The van der Waals surface area contributed by atoms with Crippen LogP contribution in [0.2, 0.25) is 0 Å². The molecule has 1 fully saturated rings. The lowest BCUT2D eigenvalue weighted by Gasteiger charge is -2.18. The van der Waals surface area contributed by atoms with Crippen LogP contribution >= 0.6 is 28.4 Å². The molecule has 1 atom stereocenters. The number of pyridine rings is 1. The van der Waals surface area contributed by atoms with Crippen molar-refractivity contribution in [2.24, 2.45) is 0 Å². The van der Waals surface area contributed by atoms with Crippen LogP contribution in [0.5, 0.6) is 0 Å². The van der Waals surface area contributed by atoms with Crippen molar-refractivity contribution in [1.29, 1.82) is 5.26 Å². The monoisotopic (exact) mass is 600 g/mol. The number of nitrogens with two attached hydrogens (primary N) is 1. The predicted octanol–water partition coefficient (Wildman–Crippen LogP) is 6.44. The first-order chi connectivity index (χ1) is 16.2. The highest BCUT2D eigenvalue weighted by atomic mass is 127. The number of halogens is 5. The van der Waals surface area contributed by atoms with E-state index in [9.17, 15) is 18.4 Å². The maximum Gasteiger partial charge on any atom is 0.389 e. The number of nitrogen functional groups attached to an aromatic ring is 1. The quantitative estimate of drug-likeness (QED) is 0.162. The van der Waals surface area contributed by atoms with Crippen LogP contribution in [0.15, 0.2) is 18.5 Å². The minimum absolute atomic E-state index is 0.0418. The van der Waals surface area contributed by atoms with Crippen molar-refractivity contribution in [2.75, 3.05) is 5.73 Å². The molecule has 0 bridgehead atoms. The van der Waals surface area contributed by atoms with E-state index >= 15 is 4.39 Å². The number of hydrogen-bond donors (Lipinski definition) is 1. The standard InChI is InChI=1S/C22H18F4IN6P/c1-10-16(23)6-17-15(9-31-33(17)34-27)19(10)32-20-12(4-5-22(24,25)26)18(11-2-3-11)30-8-14(20)13(7-28)21(32)29/h6,8-9,11,34H,2-5,29H2,1H3. The van der Waals surface area contributed by atoms with E-state index in [4.69, 9.17) is 5.73 Å². The van der Waals surface area contributed by atoms with Crippen molar-refractivity contribution >= 4 is 56.0 Å². The van der Waals surface area contributed by atoms with Gasteiger partial charge < -0.3 is 5.73 Å². The molecule has 6 nitrogen and oxygen atoms in total. The maximum absolute atomic E-state index is 15.1. The van der Waals surface area contributed by atoms with Gasteiger partial charge in [0.05, 0.1) is 29.3 Å². The largest absolute Gasteiger partial charge is 0.389 e. The van der Waals surface area contributed by atoms with Gasteiger partial charge in [0.1, 0.15) is 23.3 Å². The van der Waals surface area contributed by atoms with Gasteiger partial charge in [-0.05, 0) is 53.8 Å². The molecule has 176 valence electrons. The second-order valence-corrected chi connectivity index (χ2v) is 10.4. The summed E-state index contributed by atoms with van der Waals surface area (Å²) in [5.74, 6) is -0.383. The Morgan fingerprint density at radius 3 is 2.65 bits per heavy atom. The summed E-state index contributed by atoms with van der Waals surface area (Å²) in [5.41, 5.74) is 9.12. The number of nitriles is 1. The summed E-state index contributed by atoms with van der Waals surface area (Å²) in [6.07, 6.45) is -0.714. The first kappa shape index (κ1) is 23.3. The van der Waals surface area contributed by atoms with Crippen LogP contribution < -0.4 is 5.73 Å². The lowest BCUT2D eigenvalue weighted by Crippen LogP contribution is -2.12. The summed E-state index contributed by atoms with van der Waals surface area (Å²) < 4.78 is 58.1. The summed E-state index contributed by atoms with van der Waals surface area (Å²) >= 11 is 2.13. The Bertz CT molecular complexity index is 1500. The summed E-state index contributed by atoms with van der Waals surface area (Å²) in [4.78, 5) is 4.47. The van der Waals surface area contributed by atoms with E-state index in [1.54, 1.807) is 17.6 Å². The van der Waals surface area contributed by atoms with E-state index in [2.05, 4.69) is 38.2 Å². The first-order valence-corrected chi connectivity index (χ1v) is 14.5. The predicted molar refractivity (Wildman–Crippen MR) is 132 cm³/mol. The second kappa shape index (κ2) is 8.34. The first-order valence-electron chi connectivity index (χ1n) is 10.5. The molecule has 34 heavy (non-hydrogen) atoms. The van der Waals surface area contributed by atoms with Gasteiger partial charge in [-0.25, -0.2) is 8.84 Å². The fourth-order valence-corrected chi connectivity index (χ4v) is 6.05. The third-order valence-electron chi connectivity index (χ3n) is 6.25. The number of anilines is 1. The average Bonchev–Trinajstić information content (AvgIpc) is 3.49. The maximum atomic E-state index is 15.1.